The van der Waals surface area contributed by atoms with Gasteiger partial charge in [-0.05, 0) is 24.5 Å². The van der Waals surface area contributed by atoms with Crippen LogP contribution in [0.3, 0.4) is 0 Å². The van der Waals surface area contributed by atoms with E-state index in [9.17, 15) is 18.0 Å². The van der Waals surface area contributed by atoms with E-state index in [0.29, 0.717) is 19.1 Å². The summed E-state index contributed by atoms with van der Waals surface area (Å²) in [4.78, 5) is 10.8. The van der Waals surface area contributed by atoms with Crippen molar-refractivity contribution in [3.8, 4) is 0 Å². The number of benzene rings is 1. The molecule has 86 valence electrons. The molecule has 1 saturated carbocycles. The second-order valence-electron chi connectivity index (χ2n) is 3.90. The van der Waals surface area contributed by atoms with E-state index in [0.717, 1.165) is 6.07 Å². The van der Waals surface area contributed by atoms with Crippen molar-refractivity contribution >= 4 is 17.9 Å². The van der Waals surface area contributed by atoms with E-state index in [1.165, 1.54) is 6.07 Å². The van der Waals surface area contributed by atoms with Crippen molar-refractivity contribution in [2.45, 2.75) is 24.7 Å². The lowest BCUT2D eigenvalue weighted by Gasteiger charge is -2.17. The number of halogens is 4. The topological polar surface area (TPSA) is 17.1 Å². The summed E-state index contributed by atoms with van der Waals surface area (Å²) < 4.78 is 38.8. The Morgan fingerprint density at radius 2 is 2.00 bits per heavy atom. The summed E-state index contributed by atoms with van der Waals surface area (Å²) >= 11 is 5.59. The summed E-state index contributed by atoms with van der Waals surface area (Å²) in [6, 6.07) is 2.25. The van der Waals surface area contributed by atoms with Crippen molar-refractivity contribution in [1.29, 1.82) is 0 Å². The molecule has 16 heavy (non-hydrogen) atoms. The molecule has 0 heterocycles. The van der Waals surface area contributed by atoms with Gasteiger partial charge in [-0.15, -0.1) is 0 Å². The molecule has 1 nitrogen and oxygen atoms in total. The summed E-state index contributed by atoms with van der Waals surface area (Å²) in [6.07, 6.45) is -1.63. The molecular formula is C11H8ClF3O. The lowest BCUT2D eigenvalue weighted by atomic mass is 9.92. The smallest absolute Gasteiger partial charge is 0.248 e. The molecule has 0 radical (unpaired) electrons. The summed E-state index contributed by atoms with van der Waals surface area (Å²) in [5.74, 6) is -0.766. The number of alkyl halides is 2. The van der Waals surface area contributed by atoms with Crippen molar-refractivity contribution < 1.29 is 18.0 Å². The van der Waals surface area contributed by atoms with Crippen LogP contribution in [0.4, 0.5) is 13.2 Å². The third kappa shape index (κ3) is 1.52. The molecule has 2 rings (SSSR count). The minimum Gasteiger partial charge on any atom is -0.298 e. The van der Waals surface area contributed by atoms with Gasteiger partial charge >= 0.3 is 0 Å². The molecule has 0 spiro atoms. The van der Waals surface area contributed by atoms with Crippen LogP contribution in [0.25, 0.3) is 0 Å². The van der Waals surface area contributed by atoms with Crippen LogP contribution in [0, 0.1) is 5.82 Å². The molecule has 5 heteroatoms. The first-order chi connectivity index (χ1) is 7.53. The maximum atomic E-state index is 13.1. The van der Waals surface area contributed by atoms with E-state index in [1.807, 2.05) is 0 Å². The van der Waals surface area contributed by atoms with Crippen molar-refractivity contribution in [2.75, 3.05) is 0 Å². The van der Waals surface area contributed by atoms with E-state index in [4.69, 9.17) is 11.6 Å². The van der Waals surface area contributed by atoms with E-state index in [-0.39, 0.29) is 16.1 Å². The minimum absolute atomic E-state index is 0.153. The molecule has 0 aliphatic heterocycles. The van der Waals surface area contributed by atoms with Crippen molar-refractivity contribution in [3.63, 3.8) is 0 Å². The fourth-order valence-electron chi connectivity index (χ4n) is 1.86. The van der Waals surface area contributed by atoms with Crippen LogP contribution >= 0.6 is 11.6 Å². The molecule has 0 atom stereocenters. The van der Waals surface area contributed by atoms with E-state index < -0.39 is 17.7 Å². The first kappa shape index (κ1) is 11.5. The Morgan fingerprint density at radius 3 is 2.44 bits per heavy atom. The number of aldehydes is 1. The number of rotatable bonds is 3. The van der Waals surface area contributed by atoms with Gasteiger partial charge < -0.3 is 0 Å². The molecular weight excluding hydrogens is 241 g/mol. The zero-order valence-corrected chi connectivity index (χ0v) is 8.90. The van der Waals surface area contributed by atoms with E-state index in [2.05, 4.69) is 0 Å². The van der Waals surface area contributed by atoms with Gasteiger partial charge in [0.2, 0.25) is 6.43 Å². The third-order valence-electron chi connectivity index (χ3n) is 2.99. The highest BCUT2D eigenvalue weighted by molar-refractivity contribution is 6.33. The molecule has 0 saturated heterocycles. The van der Waals surface area contributed by atoms with Crippen LogP contribution in [0.15, 0.2) is 12.1 Å². The molecule has 0 unspecified atom stereocenters. The van der Waals surface area contributed by atoms with Crippen molar-refractivity contribution in [1.82, 2.24) is 0 Å². The van der Waals surface area contributed by atoms with Gasteiger partial charge in [-0.1, -0.05) is 17.7 Å². The minimum atomic E-state index is -2.56. The third-order valence-corrected chi connectivity index (χ3v) is 3.38. The first-order valence-electron chi connectivity index (χ1n) is 4.75. The Balaban J connectivity index is 2.58. The Labute approximate surface area is 95.2 Å². The average molecular weight is 249 g/mol. The summed E-state index contributed by atoms with van der Waals surface area (Å²) in [7, 11) is 0. The van der Waals surface area contributed by atoms with Gasteiger partial charge in [0.25, 0.3) is 0 Å². The molecule has 1 aliphatic rings. The number of hydrogen-bond acceptors (Lipinski definition) is 1. The van der Waals surface area contributed by atoms with Crippen molar-refractivity contribution in [3.05, 3.63) is 34.1 Å². The summed E-state index contributed by atoms with van der Waals surface area (Å²) in [5, 5.41) is -0.376. The van der Waals surface area contributed by atoms with Crippen LogP contribution in [0.1, 0.15) is 28.8 Å². The maximum absolute atomic E-state index is 13.1. The molecule has 0 bridgehead atoms. The SMILES string of the molecule is O=Cc1c(C2(C(F)F)CC2)ccc(F)c1Cl. The largest absolute Gasteiger partial charge is 0.298 e. The zero-order chi connectivity index (χ0) is 11.9. The molecule has 1 aromatic rings. The number of carbonyl (C=O) groups excluding carboxylic acids is 1. The van der Waals surface area contributed by atoms with Crippen LogP contribution in [0.2, 0.25) is 5.02 Å². The van der Waals surface area contributed by atoms with Gasteiger partial charge in [-0.25, -0.2) is 13.2 Å². The second kappa shape index (κ2) is 3.77. The fraction of sp³-hybridized carbons (Fsp3) is 0.364. The lowest BCUT2D eigenvalue weighted by Crippen LogP contribution is -2.19. The van der Waals surface area contributed by atoms with E-state index >= 15 is 0 Å². The maximum Gasteiger partial charge on any atom is 0.248 e. The van der Waals surface area contributed by atoms with Crippen LogP contribution < -0.4 is 0 Å². The molecule has 0 N–H and O–H groups in total. The quantitative estimate of drug-likeness (QED) is 0.747. The van der Waals surface area contributed by atoms with Gasteiger partial charge in [0.15, 0.2) is 6.29 Å². The van der Waals surface area contributed by atoms with Gasteiger partial charge in [0.05, 0.1) is 10.4 Å². The first-order valence-corrected chi connectivity index (χ1v) is 5.12. The standard InChI is InChI=1S/C11H8ClF3O/c12-9-6(5-16)7(1-2-8(9)13)11(3-4-11)10(14)15/h1-2,5,10H,3-4H2. The molecule has 0 aromatic heterocycles. The fourth-order valence-corrected chi connectivity index (χ4v) is 2.06. The van der Waals surface area contributed by atoms with Crippen molar-refractivity contribution in [2.24, 2.45) is 0 Å². The molecule has 0 amide bonds. The van der Waals surface area contributed by atoms with Gasteiger partial charge in [0.1, 0.15) is 5.82 Å². The van der Waals surface area contributed by atoms with Gasteiger partial charge in [0, 0.05) is 5.56 Å². The Kier molecular flexibility index (Phi) is 2.70. The lowest BCUT2D eigenvalue weighted by molar-refractivity contribution is 0.100. The highest BCUT2D eigenvalue weighted by atomic mass is 35.5. The molecule has 1 aliphatic carbocycles. The van der Waals surface area contributed by atoms with Crippen LogP contribution in [0.5, 0.6) is 0 Å². The monoisotopic (exact) mass is 248 g/mol. The Morgan fingerprint density at radius 1 is 1.38 bits per heavy atom. The Hall–Kier alpha value is -1.03. The second-order valence-corrected chi connectivity index (χ2v) is 4.28. The highest BCUT2D eigenvalue weighted by Gasteiger charge is 2.53. The van der Waals surface area contributed by atoms with Gasteiger partial charge in [-0.3, -0.25) is 4.79 Å². The Bertz CT molecular complexity index is 441. The predicted octanol–water partition coefficient (Wildman–Crippen LogP) is 3.59. The predicted molar refractivity (Wildman–Crippen MR) is 53.7 cm³/mol. The van der Waals surface area contributed by atoms with Crippen LogP contribution in [-0.2, 0) is 5.41 Å². The number of carbonyl (C=O) groups is 1. The average Bonchev–Trinajstić information content (AvgIpc) is 3.02. The zero-order valence-electron chi connectivity index (χ0n) is 8.14. The number of hydrogen-bond donors (Lipinski definition) is 0. The summed E-state index contributed by atoms with van der Waals surface area (Å²) in [5.41, 5.74) is -1.29. The van der Waals surface area contributed by atoms with E-state index in [1.54, 1.807) is 0 Å². The van der Waals surface area contributed by atoms with Gasteiger partial charge in [-0.2, -0.15) is 0 Å². The summed E-state index contributed by atoms with van der Waals surface area (Å²) in [6.45, 7) is 0. The molecule has 1 fully saturated rings. The van der Waals surface area contributed by atoms with Crippen LogP contribution in [-0.4, -0.2) is 12.7 Å². The highest BCUT2D eigenvalue weighted by Crippen LogP contribution is 2.54. The molecule has 1 aromatic carbocycles. The normalized spacial score (nSPS) is 17.6.